The minimum absolute atomic E-state index is 0.102. The molecule has 0 aromatic heterocycles. The molecule has 0 radical (unpaired) electrons. The van der Waals surface area contributed by atoms with E-state index in [0.717, 1.165) is 5.56 Å². The van der Waals surface area contributed by atoms with Crippen molar-refractivity contribution in [2.24, 2.45) is 5.92 Å². The van der Waals surface area contributed by atoms with Crippen molar-refractivity contribution in [1.82, 2.24) is 9.62 Å². The molecular formula is C24H35N3O5S. The molecule has 2 atom stereocenters. The van der Waals surface area contributed by atoms with Crippen LogP contribution in [0.15, 0.2) is 60.7 Å². The predicted molar refractivity (Wildman–Crippen MR) is 133 cm³/mol. The Morgan fingerprint density at radius 1 is 1.12 bits per heavy atom. The third kappa shape index (κ3) is 11.3. The van der Waals surface area contributed by atoms with Crippen LogP contribution >= 0.6 is 12.8 Å². The second-order valence-electron chi connectivity index (χ2n) is 7.17. The fraction of sp³-hybridized carbons (Fsp3) is 0.458. The third-order valence-electron chi connectivity index (χ3n) is 4.85. The highest BCUT2D eigenvalue weighted by molar-refractivity contribution is 7.78. The first kappa shape index (κ1) is 28.6. The molecule has 2 aromatic carbocycles. The van der Waals surface area contributed by atoms with Crippen molar-refractivity contribution >= 4 is 24.4 Å². The molecule has 0 saturated carbocycles. The van der Waals surface area contributed by atoms with Crippen LogP contribution < -0.4 is 4.72 Å². The molecule has 0 spiro atoms. The zero-order chi connectivity index (χ0) is 24.5. The van der Waals surface area contributed by atoms with E-state index in [1.807, 2.05) is 49.1 Å². The molecule has 182 valence electrons. The number of nitro benzene ring substituents is 1. The predicted octanol–water partition coefficient (Wildman–Crippen LogP) is 3.51. The van der Waals surface area contributed by atoms with Crippen molar-refractivity contribution in [2.75, 3.05) is 32.8 Å². The summed E-state index contributed by atoms with van der Waals surface area (Å²) in [5.74, 6) is -0.123. The number of non-ortho nitro benzene ring substituents is 1. The Balaban J connectivity index is 0.000000412. The number of nitro groups is 1. The number of para-hydroxylation sites is 1. The first-order valence-corrected chi connectivity index (χ1v) is 11.6. The highest BCUT2D eigenvalue weighted by atomic mass is 32.1. The van der Waals surface area contributed by atoms with Gasteiger partial charge in [-0.1, -0.05) is 75.2 Å². The van der Waals surface area contributed by atoms with Gasteiger partial charge in [0, 0.05) is 37.7 Å². The van der Waals surface area contributed by atoms with Gasteiger partial charge in [0.25, 0.3) is 5.69 Å². The van der Waals surface area contributed by atoms with E-state index in [-0.39, 0.29) is 17.5 Å². The summed E-state index contributed by atoms with van der Waals surface area (Å²) in [4.78, 5) is 24.2. The lowest BCUT2D eigenvalue weighted by Crippen LogP contribution is -2.45. The average molecular weight is 478 g/mol. The number of nitrogens with one attached hydrogen (secondary N) is 1. The van der Waals surface area contributed by atoms with Gasteiger partial charge < -0.3 is 14.7 Å². The molecule has 1 heterocycles. The minimum atomic E-state index is -0.587. The summed E-state index contributed by atoms with van der Waals surface area (Å²) in [6.07, 6.45) is 0.482. The Morgan fingerprint density at radius 3 is 2.15 bits per heavy atom. The molecule has 1 aliphatic rings. The van der Waals surface area contributed by atoms with Gasteiger partial charge in [-0.2, -0.15) is 0 Å². The van der Waals surface area contributed by atoms with Gasteiger partial charge >= 0.3 is 0 Å². The van der Waals surface area contributed by atoms with Gasteiger partial charge in [0.2, 0.25) is 5.91 Å². The van der Waals surface area contributed by atoms with Crippen LogP contribution in [-0.4, -0.2) is 59.8 Å². The number of carbonyl (C=O) groups excluding carboxylic acids is 1. The quantitative estimate of drug-likeness (QED) is 0.305. The Morgan fingerprint density at radius 2 is 1.67 bits per heavy atom. The van der Waals surface area contributed by atoms with E-state index in [1.54, 1.807) is 18.2 Å². The van der Waals surface area contributed by atoms with Crippen LogP contribution in [0.2, 0.25) is 0 Å². The van der Waals surface area contributed by atoms with Crippen molar-refractivity contribution in [2.45, 2.75) is 32.8 Å². The van der Waals surface area contributed by atoms with E-state index < -0.39 is 11.0 Å². The number of rotatable bonds is 8. The van der Waals surface area contributed by atoms with Crippen LogP contribution in [-0.2, 0) is 16.0 Å². The number of thiol groups is 1. The highest BCUT2D eigenvalue weighted by Crippen LogP contribution is 2.18. The summed E-state index contributed by atoms with van der Waals surface area (Å²) < 4.78 is 7.96. The third-order valence-corrected chi connectivity index (χ3v) is 5.03. The second kappa shape index (κ2) is 17.1. The molecule has 0 bridgehead atoms. The number of morpholine rings is 1. The fourth-order valence-electron chi connectivity index (χ4n) is 3.28. The Kier molecular flexibility index (Phi) is 14.8. The Bertz CT molecular complexity index is 789. The largest absolute Gasteiger partial charge is 0.392 e. The molecule has 1 saturated heterocycles. The summed E-state index contributed by atoms with van der Waals surface area (Å²) in [7, 11) is 0. The van der Waals surface area contributed by atoms with E-state index in [9.17, 15) is 20.0 Å². The van der Waals surface area contributed by atoms with Crippen molar-refractivity contribution < 1.29 is 19.6 Å². The van der Waals surface area contributed by atoms with E-state index in [2.05, 4.69) is 17.5 Å². The van der Waals surface area contributed by atoms with Crippen LogP contribution in [0.25, 0.3) is 0 Å². The number of amides is 1. The molecule has 2 unspecified atom stereocenters. The van der Waals surface area contributed by atoms with E-state index in [0.29, 0.717) is 45.7 Å². The lowest BCUT2D eigenvalue weighted by Gasteiger charge is -2.31. The molecule has 8 nitrogen and oxygen atoms in total. The van der Waals surface area contributed by atoms with Crippen molar-refractivity contribution in [3.8, 4) is 0 Å². The molecular weight excluding hydrogens is 442 g/mol. The number of nitrogens with zero attached hydrogens (tertiary/aromatic N) is 2. The maximum atomic E-state index is 12.8. The van der Waals surface area contributed by atoms with Crippen LogP contribution in [0.1, 0.15) is 25.8 Å². The number of benzene rings is 2. The molecule has 2 N–H and O–H groups in total. The summed E-state index contributed by atoms with van der Waals surface area (Å²) >= 11 is 3.91. The fourth-order valence-corrected chi connectivity index (χ4v) is 3.49. The molecule has 1 fully saturated rings. The smallest absolute Gasteiger partial charge is 0.269 e. The Labute approximate surface area is 201 Å². The maximum absolute atomic E-state index is 12.8. The molecule has 3 rings (SSSR count). The number of carbonyl (C=O) groups is 1. The zero-order valence-corrected chi connectivity index (χ0v) is 20.2. The summed E-state index contributed by atoms with van der Waals surface area (Å²) in [6.45, 7) is 6.80. The van der Waals surface area contributed by atoms with Crippen molar-refractivity contribution in [3.63, 3.8) is 0 Å². The normalized spacial score (nSPS) is 14.6. The van der Waals surface area contributed by atoms with Crippen molar-refractivity contribution in [1.29, 1.82) is 0 Å². The molecule has 2 aromatic rings. The molecule has 0 aliphatic carbocycles. The second-order valence-corrected chi connectivity index (χ2v) is 7.48. The van der Waals surface area contributed by atoms with Crippen LogP contribution in [0.4, 0.5) is 5.69 Å². The standard InChI is InChI=1S/C16H24N2O3S.C6H5NO2.C2H6/c19-15(12-17-22)11-14(10-13-4-2-1-3-5-13)16(20)18-6-8-21-9-7-18;8-7(9)6-4-2-1-3-5-6;1-2/h1-5,14-15,17,19,22H,6-12H2;1-5H;1-2H3. The lowest BCUT2D eigenvalue weighted by molar-refractivity contribution is -0.384. The summed E-state index contributed by atoms with van der Waals surface area (Å²) in [5.41, 5.74) is 1.25. The van der Waals surface area contributed by atoms with E-state index >= 15 is 0 Å². The first-order chi connectivity index (χ1) is 16.0. The summed E-state index contributed by atoms with van der Waals surface area (Å²) in [6, 6.07) is 17.9. The van der Waals surface area contributed by atoms with Crippen LogP contribution in [0, 0.1) is 16.0 Å². The molecule has 33 heavy (non-hydrogen) atoms. The average Bonchev–Trinajstić information content (AvgIpc) is 2.86. The SMILES string of the molecule is CC.O=C(C(Cc1ccccc1)CC(O)CNS)N1CCOCC1.O=[N+]([O-])c1ccccc1. The van der Waals surface area contributed by atoms with E-state index in [4.69, 9.17) is 4.74 Å². The summed E-state index contributed by atoms with van der Waals surface area (Å²) in [5, 5.41) is 20.0. The first-order valence-electron chi connectivity index (χ1n) is 11.2. The van der Waals surface area contributed by atoms with Crippen LogP contribution in [0.3, 0.4) is 0 Å². The monoisotopic (exact) mass is 477 g/mol. The van der Waals surface area contributed by atoms with Gasteiger partial charge in [0.1, 0.15) is 0 Å². The lowest BCUT2D eigenvalue weighted by atomic mass is 9.92. The molecule has 1 aliphatic heterocycles. The van der Waals surface area contributed by atoms with E-state index in [1.165, 1.54) is 12.1 Å². The van der Waals surface area contributed by atoms with Gasteiger partial charge in [-0.3, -0.25) is 19.6 Å². The van der Waals surface area contributed by atoms with Gasteiger partial charge in [-0.25, -0.2) is 0 Å². The van der Waals surface area contributed by atoms with Gasteiger partial charge in [0.05, 0.1) is 24.2 Å². The number of hydrogen-bond donors (Lipinski definition) is 3. The van der Waals surface area contributed by atoms with Crippen molar-refractivity contribution in [3.05, 3.63) is 76.3 Å². The highest BCUT2D eigenvalue weighted by Gasteiger charge is 2.27. The molecule has 1 amide bonds. The van der Waals surface area contributed by atoms with Gasteiger partial charge in [-0.15, -0.1) is 0 Å². The number of hydrogen-bond acceptors (Lipinski definition) is 7. The number of aliphatic hydroxyl groups excluding tert-OH is 1. The maximum Gasteiger partial charge on any atom is 0.269 e. The zero-order valence-electron chi connectivity index (χ0n) is 19.3. The van der Waals surface area contributed by atoms with Crippen LogP contribution in [0.5, 0.6) is 0 Å². The van der Waals surface area contributed by atoms with Gasteiger partial charge in [0.15, 0.2) is 0 Å². The number of ether oxygens (including phenoxy) is 1. The minimum Gasteiger partial charge on any atom is -0.392 e. The molecule has 9 heteroatoms. The Hall–Kier alpha value is -2.46. The topological polar surface area (TPSA) is 105 Å². The number of aliphatic hydroxyl groups is 1. The van der Waals surface area contributed by atoms with Gasteiger partial charge in [-0.05, 0) is 18.4 Å².